The van der Waals surface area contributed by atoms with Crippen molar-refractivity contribution >= 4 is 31.7 Å². The molecule has 11 heteroatoms. The van der Waals surface area contributed by atoms with Crippen LogP contribution in [0.1, 0.15) is 20.8 Å². The number of sulfonamides is 2. The first-order chi connectivity index (χ1) is 11.4. The summed E-state index contributed by atoms with van der Waals surface area (Å²) in [5, 5.41) is 8.95. The summed E-state index contributed by atoms with van der Waals surface area (Å²) in [4.78, 5) is 10.7. The van der Waals surface area contributed by atoms with Gasteiger partial charge in [-0.2, -0.15) is 4.31 Å². The van der Waals surface area contributed by atoms with Crippen molar-refractivity contribution in [2.45, 2.75) is 31.7 Å². The smallest absolute Gasteiger partial charge is 0.318 e. The van der Waals surface area contributed by atoms with E-state index in [0.717, 1.165) is 4.31 Å². The fraction of sp³-hybridized carbons (Fsp3) is 0.500. The molecule has 1 aromatic carbocycles. The third-order valence-corrected chi connectivity index (χ3v) is 6.64. The molecule has 0 saturated heterocycles. The van der Waals surface area contributed by atoms with Gasteiger partial charge in [0.1, 0.15) is 17.2 Å². The summed E-state index contributed by atoms with van der Waals surface area (Å²) in [6.07, 6.45) is 0. The van der Waals surface area contributed by atoms with E-state index in [1.165, 1.54) is 32.2 Å². The molecule has 1 rings (SSSR count). The van der Waals surface area contributed by atoms with Crippen molar-refractivity contribution in [1.82, 2.24) is 4.31 Å². The van der Waals surface area contributed by atoms with Gasteiger partial charge in [-0.15, -0.1) is 0 Å². The van der Waals surface area contributed by atoms with Crippen molar-refractivity contribution in [3.05, 3.63) is 18.2 Å². The van der Waals surface area contributed by atoms with Gasteiger partial charge >= 0.3 is 5.97 Å². The number of aliphatic carboxylic acids is 1. The second-order valence-corrected chi connectivity index (χ2v) is 9.28. The second kappa shape index (κ2) is 8.02. The normalized spacial score (nSPS) is 12.4. The summed E-state index contributed by atoms with van der Waals surface area (Å²) in [6, 6.07) is 3.10. The molecule has 0 bridgehead atoms. The van der Waals surface area contributed by atoms with E-state index >= 15 is 0 Å². The van der Waals surface area contributed by atoms with Crippen LogP contribution >= 0.6 is 0 Å². The van der Waals surface area contributed by atoms with Crippen molar-refractivity contribution in [1.29, 1.82) is 0 Å². The topological polar surface area (TPSA) is 130 Å². The van der Waals surface area contributed by atoms with Crippen molar-refractivity contribution < 1.29 is 31.5 Å². The van der Waals surface area contributed by atoms with E-state index in [9.17, 15) is 21.6 Å². The number of hydrogen-bond donors (Lipinski definition) is 2. The highest BCUT2D eigenvalue weighted by Gasteiger charge is 2.31. The fourth-order valence-electron chi connectivity index (χ4n) is 2.00. The Morgan fingerprint density at radius 1 is 1.28 bits per heavy atom. The quantitative estimate of drug-likeness (QED) is 0.637. The molecule has 0 aliphatic carbocycles. The lowest BCUT2D eigenvalue weighted by atomic mass is 10.3. The van der Waals surface area contributed by atoms with Crippen LogP contribution in [0.15, 0.2) is 23.1 Å². The highest BCUT2D eigenvalue weighted by atomic mass is 32.2. The number of methoxy groups -OCH3 is 1. The molecule has 0 aliphatic rings. The highest BCUT2D eigenvalue weighted by molar-refractivity contribution is 7.92. The maximum absolute atomic E-state index is 12.8. The van der Waals surface area contributed by atoms with Crippen molar-refractivity contribution in [3.63, 3.8) is 0 Å². The number of ether oxygens (including phenoxy) is 1. The number of hydrogen-bond acceptors (Lipinski definition) is 6. The molecule has 0 spiro atoms. The minimum atomic E-state index is -4.15. The van der Waals surface area contributed by atoms with Crippen LogP contribution in [0, 0.1) is 0 Å². The maximum Gasteiger partial charge on any atom is 0.318 e. The van der Waals surface area contributed by atoms with Crippen LogP contribution < -0.4 is 9.46 Å². The number of benzene rings is 1. The van der Waals surface area contributed by atoms with E-state index in [1.54, 1.807) is 13.8 Å². The molecule has 0 aliphatic heterocycles. The van der Waals surface area contributed by atoms with Gasteiger partial charge in [0.2, 0.25) is 20.0 Å². The van der Waals surface area contributed by atoms with Crippen LogP contribution in [0.4, 0.5) is 5.69 Å². The lowest BCUT2D eigenvalue weighted by Gasteiger charge is -2.25. The van der Waals surface area contributed by atoms with Gasteiger partial charge in [0, 0.05) is 12.1 Å². The molecule has 0 atom stereocenters. The van der Waals surface area contributed by atoms with Gasteiger partial charge in [0.05, 0.1) is 18.6 Å². The molecular weight excluding hydrogens is 372 g/mol. The molecule has 0 aromatic heterocycles. The summed E-state index contributed by atoms with van der Waals surface area (Å²) in [6.45, 7) is 3.87. The van der Waals surface area contributed by atoms with Crippen LogP contribution in [-0.4, -0.2) is 57.7 Å². The van der Waals surface area contributed by atoms with E-state index in [1.807, 2.05) is 0 Å². The number of carbonyl (C=O) groups is 1. The number of anilines is 1. The second-order valence-electron chi connectivity index (χ2n) is 5.41. The summed E-state index contributed by atoms with van der Waals surface area (Å²) in [7, 11) is -6.45. The van der Waals surface area contributed by atoms with Crippen LogP contribution in [-0.2, 0) is 24.8 Å². The zero-order chi connectivity index (χ0) is 19.4. The van der Waals surface area contributed by atoms with Crippen LogP contribution in [0.3, 0.4) is 0 Å². The summed E-state index contributed by atoms with van der Waals surface area (Å²) in [5.41, 5.74) is 0.145. The standard InChI is InChI=1S/C14H22N2O7S2/c1-5-24(19,20)15-11-6-7-13(12(8-11)23-4)25(21,22)16(10(2)3)9-14(17)18/h6-8,10,15H,5,9H2,1-4H3,(H,17,18). The fourth-order valence-corrected chi connectivity index (χ4v) is 4.36. The molecule has 0 saturated carbocycles. The van der Waals surface area contributed by atoms with E-state index in [4.69, 9.17) is 9.84 Å². The molecule has 9 nitrogen and oxygen atoms in total. The molecule has 142 valence electrons. The van der Waals surface area contributed by atoms with Gasteiger partial charge in [-0.05, 0) is 32.9 Å². The Kier molecular flexibility index (Phi) is 6.80. The predicted octanol–water partition coefficient (Wildman–Crippen LogP) is 0.941. The number of carboxylic acids is 1. The Hall–Kier alpha value is -1.85. The molecule has 2 N–H and O–H groups in total. The average molecular weight is 394 g/mol. The van der Waals surface area contributed by atoms with Crippen molar-refractivity contribution in [2.24, 2.45) is 0 Å². The van der Waals surface area contributed by atoms with E-state index < -0.39 is 38.6 Å². The molecule has 0 heterocycles. The predicted molar refractivity (Wildman–Crippen MR) is 92.7 cm³/mol. The minimum absolute atomic E-state index is 0.0904. The van der Waals surface area contributed by atoms with Gasteiger partial charge < -0.3 is 9.84 Å². The van der Waals surface area contributed by atoms with Gasteiger partial charge in [0.25, 0.3) is 0 Å². The monoisotopic (exact) mass is 394 g/mol. The third-order valence-electron chi connectivity index (χ3n) is 3.27. The van der Waals surface area contributed by atoms with Gasteiger partial charge in [-0.25, -0.2) is 16.8 Å². The third kappa shape index (κ3) is 5.31. The van der Waals surface area contributed by atoms with Crippen LogP contribution in [0.2, 0.25) is 0 Å². The molecule has 0 fully saturated rings. The lowest BCUT2D eigenvalue weighted by molar-refractivity contribution is -0.137. The van der Waals surface area contributed by atoms with Crippen molar-refractivity contribution in [2.75, 3.05) is 24.1 Å². The van der Waals surface area contributed by atoms with Gasteiger partial charge in [-0.1, -0.05) is 0 Å². The molecule has 1 aromatic rings. The first-order valence-electron chi connectivity index (χ1n) is 7.36. The highest BCUT2D eigenvalue weighted by Crippen LogP contribution is 2.31. The van der Waals surface area contributed by atoms with Gasteiger partial charge in [0.15, 0.2) is 0 Å². The Bertz CT molecular complexity index is 833. The SMILES string of the molecule is CCS(=O)(=O)Nc1ccc(S(=O)(=O)N(CC(=O)O)C(C)C)c(OC)c1. The molecule has 0 unspecified atom stereocenters. The molecule has 0 radical (unpaired) electrons. The summed E-state index contributed by atoms with van der Waals surface area (Å²) in [5.74, 6) is -1.52. The van der Waals surface area contributed by atoms with E-state index in [2.05, 4.69) is 4.72 Å². The summed E-state index contributed by atoms with van der Waals surface area (Å²) >= 11 is 0. The summed E-state index contributed by atoms with van der Waals surface area (Å²) < 4.78 is 57.0. The number of nitrogens with zero attached hydrogens (tertiary/aromatic N) is 1. The lowest BCUT2D eigenvalue weighted by Crippen LogP contribution is -2.40. The van der Waals surface area contributed by atoms with E-state index in [-0.39, 0.29) is 22.1 Å². The maximum atomic E-state index is 12.8. The average Bonchev–Trinajstić information content (AvgIpc) is 2.51. The Balaban J connectivity index is 3.38. The Morgan fingerprint density at radius 3 is 2.32 bits per heavy atom. The zero-order valence-electron chi connectivity index (χ0n) is 14.4. The van der Waals surface area contributed by atoms with Crippen LogP contribution in [0.5, 0.6) is 5.75 Å². The van der Waals surface area contributed by atoms with Crippen molar-refractivity contribution in [3.8, 4) is 5.75 Å². The Morgan fingerprint density at radius 2 is 1.88 bits per heavy atom. The molecule has 25 heavy (non-hydrogen) atoms. The van der Waals surface area contributed by atoms with E-state index in [0.29, 0.717) is 0 Å². The Labute approximate surface area is 147 Å². The minimum Gasteiger partial charge on any atom is -0.495 e. The zero-order valence-corrected chi connectivity index (χ0v) is 16.0. The molecular formula is C14H22N2O7S2. The largest absolute Gasteiger partial charge is 0.495 e. The molecule has 0 amide bonds. The number of carboxylic acid groups (broad SMARTS) is 1. The number of nitrogens with one attached hydrogen (secondary N) is 1. The van der Waals surface area contributed by atoms with Gasteiger partial charge in [-0.3, -0.25) is 9.52 Å². The first-order valence-corrected chi connectivity index (χ1v) is 10.5. The van der Waals surface area contributed by atoms with Crippen LogP contribution in [0.25, 0.3) is 0 Å². The number of rotatable bonds is 9. The first kappa shape index (κ1) is 21.2.